The van der Waals surface area contributed by atoms with Gasteiger partial charge in [0, 0.05) is 20.2 Å². The monoisotopic (exact) mass is 218 g/mol. The fourth-order valence-electron chi connectivity index (χ4n) is 0.924. The molecule has 1 unspecified atom stereocenters. The van der Waals surface area contributed by atoms with Gasteiger partial charge >= 0.3 is 0 Å². The van der Waals surface area contributed by atoms with Crippen LogP contribution in [0, 0.1) is 5.92 Å². The molecular formula is C10H22N2O3. The maximum absolute atomic E-state index is 11.2. The van der Waals surface area contributed by atoms with Gasteiger partial charge in [-0.1, -0.05) is 13.8 Å². The standard InChI is InChI=1S/C10H22N2O3/c1-8(2)9(13)6-11-7-10(14)12-4-5-15-3/h8-9,11,13H,4-7H2,1-3H3,(H,12,14). The number of hydrogen-bond acceptors (Lipinski definition) is 4. The molecule has 1 atom stereocenters. The first-order valence-electron chi connectivity index (χ1n) is 5.22. The molecule has 0 aromatic carbocycles. The molecule has 0 bridgehead atoms. The van der Waals surface area contributed by atoms with Crippen molar-refractivity contribution in [1.29, 1.82) is 0 Å². The maximum atomic E-state index is 11.2. The Kier molecular flexibility index (Phi) is 8.27. The van der Waals surface area contributed by atoms with Crippen LogP contribution < -0.4 is 10.6 Å². The quantitative estimate of drug-likeness (QED) is 0.474. The van der Waals surface area contributed by atoms with Crippen LogP contribution in [0.3, 0.4) is 0 Å². The molecule has 1 amide bonds. The van der Waals surface area contributed by atoms with Crippen molar-refractivity contribution in [1.82, 2.24) is 10.6 Å². The van der Waals surface area contributed by atoms with Gasteiger partial charge in [-0.05, 0) is 5.92 Å². The minimum Gasteiger partial charge on any atom is -0.392 e. The Morgan fingerprint density at radius 2 is 2.13 bits per heavy atom. The van der Waals surface area contributed by atoms with Crippen molar-refractivity contribution in [3.63, 3.8) is 0 Å². The van der Waals surface area contributed by atoms with Crippen LogP contribution in [-0.2, 0) is 9.53 Å². The SMILES string of the molecule is COCCNC(=O)CNCC(O)C(C)C. The largest absolute Gasteiger partial charge is 0.392 e. The molecule has 0 aromatic rings. The number of carbonyl (C=O) groups is 1. The first kappa shape index (κ1) is 14.3. The van der Waals surface area contributed by atoms with Crippen molar-refractivity contribution < 1.29 is 14.6 Å². The third kappa shape index (κ3) is 8.35. The molecular weight excluding hydrogens is 196 g/mol. The molecule has 5 heteroatoms. The number of carbonyl (C=O) groups excluding carboxylic acids is 1. The predicted octanol–water partition coefficient (Wildman–Crippen LogP) is -0.644. The van der Waals surface area contributed by atoms with E-state index in [1.807, 2.05) is 13.8 Å². The maximum Gasteiger partial charge on any atom is 0.234 e. The van der Waals surface area contributed by atoms with E-state index in [-0.39, 0.29) is 18.4 Å². The molecule has 0 aliphatic heterocycles. The number of nitrogens with one attached hydrogen (secondary N) is 2. The lowest BCUT2D eigenvalue weighted by Crippen LogP contribution is -2.39. The predicted molar refractivity (Wildman–Crippen MR) is 58.6 cm³/mol. The zero-order valence-electron chi connectivity index (χ0n) is 9.75. The van der Waals surface area contributed by atoms with Gasteiger partial charge in [0.25, 0.3) is 0 Å². The van der Waals surface area contributed by atoms with Gasteiger partial charge in [0.05, 0.1) is 19.3 Å². The molecule has 0 aliphatic rings. The molecule has 5 nitrogen and oxygen atoms in total. The summed E-state index contributed by atoms with van der Waals surface area (Å²) in [6.45, 7) is 5.57. The molecule has 0 aromatic heterocycles. The second-order valence-electron chi connectivity index (χ2n) is 3.79. The Hall–Kier alpha value is -0.650. The normalized spacial score (nSPS) is 12.9. The van der Waals surface area contributed by atoms with Crippen LogP contribution in [0.1, 0.15) is 13.8 Å². The van der Waals surface area contributed by atoms with Gasteiger partial charge in [-0.15, -0.1) is 0 Å². The van der Waals surface area contributed by atoms with E-state index in [9.17, 15) is 9.90 Å². The minimum absolute atomic E-state index is 0.0805. The van der Waals surface area contributed by atoms with E-state index >= 15 is 0 Å². The summed E-state index contributed by atoms with van der Waals surface area (Å²) in [5.41, 5.74) is 0. The summed E-state index contributed by atoms with van der Waals surface area (Å²) in [6, 6.07) is 0. The van der Waals surface area contributed by atoms with Gasteiger partial charge in [0.2, 0.25) is 5.91 Å². The molecule has 0 fully saturated rings. The zero-order chi connectivity index (χ0) is 11.7. The molecule has 0 saturated heterocycles. The van der Waals surface area contributed by atoms with Gasteiger partial charge in [-0.25, -0.2) is 0 Å². The number of hydrogen-bond donors (Lipinski definition) is 3. The number of rotatable bonds is 8. The van der Waals surface area contributed by atoms with Crippen LogP contribution in [0.5, 0.6) is 0 Å². The van der Waals surface area contributed by atoms with E-state index in [0.29, 0.717) is 19.7 Å². The fraction of sp³-hybridized carbons (Fsp3) is 0.900. The number of methoxy groups -OCH3 is 1. The molecule has 0 saturated carbocycles. The van der Waals surface area contributed by atoms with Crippen LogP contribution in [-0.4, -0.2) is 50.5 Å². The first-order chi connectivity index (χ1) is 7.07. The number of aliphatic hydroxyl groups is 1. The Morgan fingerprint density at radius 1 is 1.47 bits per heavy atom. The molecule has 3 N–H and O–H groups in total. The van der Waals surface area contributed by atoms with Gasteiger partial charge in [-0.2, -0.15) is 0 Å². The van der Waals surface area contributed by atoms with Crippen molar-refractivity contribution in [2.24, 2.45) is 5.92 Å². The topological polar surface area (TPSA) is 70.6 Å². The molecule has 0 radical (unpaired) electrons. The van der Waals surface area contributed by atoms with E-state index in [4.69, 9.17) is 4.74 Å². The van der Waals surface area contributed by atoms with Gasteiger partial charge < -0.3 is 20.5 Å². The number of amides is 1. The van der Waals surface area contributed by atoms with E-state index in [1.54, 1.807) is 7.11 Å². The summed E-state index contributed by atoms with van der Waals surface area (Å²) in [5, 5.41) is 15.0. The summed E-state index contributed by atoms with van der Waals surface area (Å²) < 4.78 is 4.79. The molecule has 15 heavy (non-hydrogen) atoms. The van der Waals surface area contributed by atoms with Gasteiger partial charge in [-0.3, -0.25) is 4.79 Å². The Bertz CT molecular complexity index is 174. The van der Waals surface area contributed by atoms with Crippen LogP contribution in [0.25, 0.3) is 0 Å². The molecule has 90 valence electrons. The zero-order valence-corrected chi connectivity index (χ0v) is 9.75. The highest BCUT2D eigenvalue weighted by atomic mass is 16.5. The lowest BCUT2D eigenvalue weighted by Gasteiger charge is -2.14. The van der Waals surface area contributed by atoms with Crippen molar-refractivity contribution in [2.45, 2.75) is 20.0 Å². The lowest BCUT2D eigenvalue weighted by atomic mass is 10.1. The van der Waals surface area contributed by atoms with E-state index in [2.05, 4.69) is 10.6 Å². The summed E-state index contributed by atoms with van der Waals surface area (Å²) in [5.74, 6) is 0.122. The summed E-state index contributed by atoms with van der Waals surface area (Å²) in [4.78, 5) is 11.2. The highest BCUT2D eigenvalue weighted by molar-refractivity contribution is 5.77. The van der Waals surface area contributed by atoms with Crippen LogP contribution in [0.15, 0.2) is 0 Å². The van der Waals surface area contributed by atoms with E-state index < -0.39 is 6.10 Å². The molecule has 0 aliphatic carbocycles. The van der Waals surface area contributed by atoms with Crippen LogP contribution in [0.2, 0.25) is 0 Å². The smallest absolute Gasteiger partial charge is 0.234 e. The third-order valence-corrected chi connectivity index (χ3v) is 2.04. The minimum atomic E-state index is -0.406. The summed E-state index contributed by atoms with van der Waals surface area (Å²) in [6.07, 6.45) is -0.406. The molecule has 0 rings (SSSR count). The third-order valence-electron chi connectivity index (χ3n) is 2.04. The van der Waals surface area contributed by atoms with Crippen molar-refractivity contribution >= 4 is 5.91 Å². The lowest BCUT2D eigenvalue weighted by molar-refractivity contribution is -0.120. The Morgan fingerprint density at radius 3 is 2.67 bits per heavy atom. The van der Waals surface area contributed by atoms with Crippen LogP contribution >= 0.6 is 0 Å². The number of ether oxygens (including phenoxy) is 1. The number of aliphatic hydroxyl groups excluding tert-OH is 1. The first-order valence-corrected chi connectivity index (χ1v) is 5.22. The van der Waals surface area contributed by atoms with Crippen molar-refractivity contribution in [3.05, 3.63) is 0 Å². The van der Waals surface area contributed by atoms with E-state index in [1.165, 1.54) is 0 Å². The van der Waals surface area contributed by atoms with Crippen LogP contribution in [0.4, 0.5) is 0 Å². The highest BCUT2D eigenvalue weighted by Gasteiger charge is 2.08. The Balaban J connectivity index is 3.38. The molecule has 0 spiro atoms. The fourth-order valence-corrected chi connectivity index (χ4v) is 0.924. The average Bonchev–Trinajstić information content (AvgIpc) is 2.18. The average molecular weight is 218 g/mol. The van der Waals surface area contributed by atoms with Crippen molar-refractivity contribution in [3.8, 4) is 0 Å². The Labute approximate surface area is 91.2 Å². The highest BCUT2D eigenvalue weighted by Crippen LogP contribution is 1.98. The molecule has 0 heterocycles. The van der Waals surface area contributed by atoms with Crippen molar-refractivity contribution in [2.75, 3.05) is 33.4 Å². The second kappa shape index (κ2) is 8.64. The summed E-state index contributed by atoms with van der Waals surface area (Å²) in [7, 11) is 1.59. The second-order valence-corrected chi connectivity index (χ2v) is 3.79. The van der Waals surface area contributed by atoms with E-state index in [0.717, 1.165) is 0 Å². The summed E-state index contributed by atoms with van der Waals surface area (Å²) >= 11 is 0. The van der Waals surface area contributed by atoms with Gasteiger partial charge in [0.15, 0.2) is 0 Å². The van der Waals surface area contributed by atoms with Gasteiger partial charge in [0.1, 0.15) is 0 Å².